The lowest BCUT2D eigenvalue weighted by molar-refractivity contribution is 0.322. The van der Waals surface area contributed by atoms with Gasteiger partial charge in [-0.05, 0) is 29.9 Å². The van der Waals surface area contributed by atoms with Crippen molar-refractivity contribution in [2.24, 2.45) is 11.3 Å². The predicted octanol–water partition coefficient (Wildman–Crippen LogP) is 2.17. The summed E-state index contributed by atoms with van der Waals surface area (Å²) in [4.78, 5) is 0. The summed E-state index contributed by atoms with van der Waals surface area (Å²) in [5.74, 6) is -0.178. The van der Waals surface area contributed by atoms with Crippen LogP contribution in [0.3, 0.4) is 0 Å². The molecule has 1 aromatic rings. The minimum Gasteiger partial charge on any atom is -0.489 e. The molecule has 1 aromatic carbocycles. The first-order valence-electron chi connectivity index (χ1n) is 6.65. The molecular weight excluding hydrogens is 281 g/mol. The first-order valence-corrected chi connectivity index (χ1v) is 8.30. The zero-order chi connectivity index (χ0) is 14.8. The van der Waals surface area contributed by atoms with Crippen LogP contribution in [0.4, 0.5) is 4.39 Å². The van der Waals surface area contributed by atoms with Crippen LogP contribution in [0.25, 0.3) is 0 Å². The van der Waals surface area contributed by atoms with Gasteiger partial charge in [-0.25, -0.2) is 17.5 Å². The van der Waals surface area contributed by atoms with Gasteiger partial charge in [-0.2, -0.15) is 0 Å². The van der Waals surface area contributed by atoms with E-state index >= 15 is 0 Å². The van der Waals surface area contributed by atoms with Crippen molar-refractivity contribution in [1.82, 2.24) is 4.72 Å². The number of rotatable bonds is 7. The Morgan fingerprint density at radius 3 is 2.65 bits per heavy atom. The number of para-hydroxylation sites is 1. The maximum Gasteiger partial charge on any atom is 0.214 e. The topological polar surface area (TPSA) is 55.4 Å². The molecule has 0 bridgehead atoms. The molecule has 6 heteroatoms. The molecule has 0 heterocycles. The molecule has 1 N–H and O–H groups in total. The van der Waals surface area contributed by atoms with Crippen LogP contribution in [0, 0.1) is 17.2 Å². The highest BCUT2D eigenvalue weighted by Crippen LogP contribution is 2.51. The van der Waals surface area contributed by atoms with Gasteiger partial charge in [-0.3, -0.25) is 0 Å². The minimum atomic E-state index is -3.37. The Balaban J connectivity index is 1.74. The van der Waals surface area contributed by atoms with Crippen LogP contribution in [0.5, 0.6) is 5.75 Å². The lowest BCUT2D eigenvalue weighted by atomic mass is 10.1. The first kappa shape index (κ1) is 15.3. The molecule has 4 nitrogen and oxygen atoms in total. The van der Waals surface area contributed by atoms with E-state index in [1.54, 1.807) is 12.1 Å². The Labute approximate surface area is 119 Å². The van der Waals surface area contributed by atoms with Gasteiger partial charge in [-0.1, -0.05) is 26.0 Å². The van der Waals surface area contributed by atoms with Gasteiger partial charge in [0.15, 0.2) is 11.6 Å². The highest BCUT2D eigenvalue weighted by atomic mass is 32.2. The SMILES string of the molecule is CC1(C)C[C@H]1CNS(=O)(=O)CCOc1ccccc1F. The number of benzene rings is 1. The second-order valence-electron chi connectivity index (χ2n) is 5.84. The maximum absolute atomic E-state index is 13.3. The standard InChI is InChI=1S/C14H20FNO3S/c1-14(2)9-11(14)10-16-20(17,18)8-7-19-13-6-4-3-5-12(13)15/h3-6,11,16H,7-10H2,1-2H3/t11-/m0/s1. The lowest BCUT2D eigenvalue weighted by Gasteiger charge is -2.09. The zero-order valence-electron chi connectivity index (χ0n) is 11.7. The Morgan fingerprint density at radius 2 is 2.05 bits per heavy atom. The molecule has 0 unspecified atom stereocenters. The van der Waals surface area contributed by atoms with Gasteiger partial charge in [0.05, 0.1) is 5.75 Å². The second kappa shape index (κ2) is 5.69. The molecule has 0 aromatic heterocycles. The van der Waals surface area contributed by atoms with Gasteiger partial charge in [0.25, 0.3) is 0 Å². The van der Waals surface area contributed by atoms with Gasteiger partial charge in [-0.15, -0.1) is 0 Å². The van der Waals surface area contributed by atoms with Crippen molar-refractivity contribution in [3.8, 4) is 5.75 Å². The molecular formula is C14H20FNO3S. The van der Waals surface area contributed by atoms with Gasteiger partial charge < -0.3 is 4.74 Å². The van der Waals surface area contributed by atoms with E-state index in [1.807, 2.05) is 0 Å². The molecule has 0 radical (unpaired) electrons. The average molecular weight is 301 g/mol. The van der Waals surface area contributed by atoms with Gasteiger partial charge in [0, 0.05) is 6.54 Å². The lowest BCUT2D eigenvalue weighted by Crippen LogP contribution is -2.31. The van der Waals surface area contributed by atoms with Crippen molar-refractivity contribution >= 4 is 10.0 Å². The van der Waals surface area contributed by atoms with Crippen LogP contribution in [0.15, 0.2) is 24.3 Å². The number of ether oxygens (including phenoxy) is 1. The van der Waals surface area contributed by atoms with Gasteiger partial charge in [0.2, 0.25) is 10.0 Å². The number of hydrogen-bond donors (Lipinski definition) is 1. The fraction of sp³-hybridized carbons (Fsp3) is 0.571. The Morgan fingerprint density at radius 1 is 1.40 bits per heavy atom. The maximum atomic E-state index is 13.3. The number of hydrogen-bond acceptors (Lipinski definition) is 3. The van der Waals surface area contributed by atoms with E-state index in [4.69, 9.17) is 4.74 Å². The third-order valence-corrected chi connectivity index (χ3v) is 5.02. The molecule has 0 aliphatic heterocycles. The fourth-order valence-corrected chi connectivity index (χ4v) is 2.95. The summed E-state index contributed by atoms with van der Waals surface area (Å²) in [6.45, 7) is 4.64. The first-order chi connectivity index (χ1) is 9.30. The van der Waals surface area contributed by atoms with Crippen LogP contribution < -0.4 is 9.46 Å². The molecule has 1 atom stereocenters. The van der Waals surface area contributed by atoms with E-state index in [0.29, 0.717) is 12.5 Å². The molecule has 1 fully saturated rings. The minimum absolute atomic E-state index is 0.0652. The zero-order valence-corrected chi connectivity index (χ0v) is 12.5. The van der Waals surface area contributed by atoms with Crippen molar-refractivity contribution in [3.63, 3.8) is 0 Å². The van der Waals surface area contributed by atoms with E-state index in [9.17, 15) is 12.8 Å². The Kier molecular flexibility index (Phi) is 4.34. The summed E-state index contributed by atoms with van der Waals surface area (Å²) < 4.78 is 44.5. The van der Waals surface area contributed by atoms with Crippen LogP contribution >= 0.6 is 0 Å². The van der Waals surface area contributed by atoms with Gasteiger partial charge >= 0.3 is 0 Å². The van der Waals surface area contributed by atoms with E-state index < -0.39 is 15.8 Å². The molecule has 0 saturated heterocycles. The summed E-state index contributed by atoms with van der Waals surface area (Å²) in [7, 11) is -3.37. The predicted molar refractivity (Wildman–Crippen MR) is 75.6 cm³/mol. The van der Waals surface area contributed by atoms with Crippen LogP contribution in [-0.4, -0.2) is 27.3 Å². The third-order valence-electron chi connectivity index (χ3n) is 3.71. The smallest absolute Gasteiger partial charge is 0.214 e. The van der Waals surface area contributed by atoms with Crippen molar-refractivity contribution in [3.05, 3.63) is 30.1 Å². The molecule has 20 heavy (non-hydrogen) atoms. The van der Waals surface area contributed by atoms with E-state index in [2.05, 4.69) is 18.6 Å². The Bertz CT molecular complexity index is 572. The molecule has 0 amide bonds. The van der Waals surface area contributed by atoms with E-state index in [0.717, 1.165) is 6.42 Å². The molecule has 0 spiro atoms. The van der Waals surface area contributed by atoms with Crippen molar-refractivity contribution < 1.29 is 17.5 Å². The number of sulfonamides is 1. The summed E-state index contributed by atoms with van der Waals surface area (Å²) in [6.07, 6.45) is 1.04. The van der Waals surface area contributed by atoms with Crippen LogP contribution in [0.1, 0.15) is 20.3 Å². The molecule has 1 saturated carbocycles. The van der Waals surface area contributed by atoms with E-state index in [1.165, 1.54) is 12.1 Å². The van der Waals surface area contributed by atoms with Gasteiger partial charge in [0.1, 0.15) is 6.61 Å². The van der Waals surface area contributed by atoms with Crippen molar-refractivity contribution in [1.29, 1.82) is 0 Å². The number of nitrogens with one attached hydrogen (secondary N) is 1. The second-order valence-corrected chi connectivity index (χ2v) is 7.76. The largest absolute Gasteiger partial charge is 0.489 e. The Hall–Kier alpha value is -1.14. The van der Waals surface area contributed by atoms with Crippen molar-refractivity contribution in [2.45, 2.75) is 20.3 Å². The molecule has 112 valence electrons. The fourth-order valence-electron chi connectivity index (χ4n) is 2.05. The highest BCUT2D eigenvalue weighted by Gasteiger charge is 2.45. The average Bonchev–Trinajstić information content (AvgIpc) is 2.97. The highest BCUT2D eigenvalue weighted by molar-refractivity contribution is 7.89. The molecule has 1 aliphatic carbocycles. The normalized spacial score (nSPS) is 20.6. The number of halogens is 1. The van der Waals surface area contributed by atoms with Crippen LogP contribution in [0.2, 0.25) is 0 Å². The van der Waals surface area contributed by atoms with Crippen LogP contribution in [-0.2, 0) is 10.0 Å². The summed E-state index contributed by atoms with van der Waals surface area (Å²) in [5.41, 5.74) is 0.242. The monoisotopic (exact) mass is 301 g/mol. The third kappa shape index (κ3) is 4.18. The molecule has 2 rings (SSSR count). The summed E-state index contributed by atoms with van der Waals surface area (Å²) >= 11 is 0. The van der Waals surface area contributed by atoms with Crippen molar-refractivity contribution in [2.75, 3.05) is 18.9 Å². The summed E-state index contributed by atoms with van der Waals surface area (Å²) in [6, 6.07) is 5.94. The quantitative estimate of drug-likeness (QED) is 0.840. The summed E-state index contributed by atoms with van der Waals surface area (Å²) in [5, 5.41) is 0. The van der Waals surface area contributed by atoms with E-state index in [-0.39, 0.29) is 23.5 Å². The molecule has 1 aliphatic rings.